The second-order valence-electron chi connectivity index (χ2n) is 10.8. The summed E-state index contributed by atoms with van der Waals surface area (Å²) >= 11 is 16.7. The molecule has 0 bridgehead atoms. The van der Waals surface area contributed by atoms with Gasteiger partial charge in [-0.3, -0.25) is 10.7 Å². The number of hydrogen-bond donors (Lipinski definition) is 4. The van der Waals surface area contributed by atoms with Crippen LogP contribution in [0.3, 0.4) is 0 Å². The molecule has 288 valence electrons. The molecular weight excluding hydrogens is 783 g/mol. The number of alkyl halides is 3. The Balaban J connectivity index is 0.000000156. The van der Waals surface area contributed by atoms with Crippen molar-refractivity contribution in [1.29, 1.82) is 0 Å². The number of anilines is 1. The van der Waals surface area contributed by atoms with E-state index in [2.05, 4.69) is 55.2 Å². The number of fused-ring (bicyclic) bond motifs is 3. The predicted octanol–water partition coefficient (Wildman–Crippen LogP) is 6.06. The van der Waals surface area contributed by atoms with Gasteiger partial charge in [0.2, 0.25) is 0 Å². The first-order valence-electron chi connectivity index (χ1n) is 16.2. The van der Waals surface area contributed by atoms with Gasteiger partial charge >= 0.3 is 0 Å². The van der Waals surface area contributed by atoms with Crippen molar-refractivity contribution in [3.05, 3.63) is 149 Å². The molecule has 0 radical (unpaired) electrons. The Labute approximate surface area is 334 Å². The van der Waals surface area contributed by atoms with E-state index in [4.69, 9.17) is 57.0 Å². The van der Waals surface area contributed by atoms with Crippen molar-refractivity contribution >= 4 is 69.7 Å². The molecule has 0 aliphatic heterocycles. The minimum Gasteiger partial charge on any atom is -0.384 e. The second-order valence-corrected chi connectivity index (χ2v) is 11.6. The quantitative estimate of drug-likeness (QED) is 0.0260. The molecule has 0 saturated carbocycles. The van der Waals surface area contributed by atoms with E-state index in [0.717, 1.165) is 51.1 Å². The molecule has 56 heavy (non-hydrogen) atoms. The molecule has 0 amide bonds. The summed E-state index contributed by atoms with van der Waals surface area (Å²) in [4.78, 5) is 26.2. The van der Waals surface area contributed by atoms with Crippen molar-refractivity contribution in [2.75, 3.05) is 5.73 Å². The molecule has 8 aromatic rings. The fraction of sp³-hybridized carbons (Fsp3) is 0.147. The average molecular weight is 818 g/mol. The molecule has 19 nitrogen and oxygen atoms in total. The zero-order valence-corrected chi connectivity index (χ0v) is 31.7. The van der Waals surface area contributed by atoms with Gasteiger partial charge in [-0.1, -0.05) is 5.11 Å². The molecule has 0 spiro atoms. The number of nitrogens with two attached hydrogens (primary N) is 2. The summed E-state index contributed by atoms with van der Waals surface area (Å²) in [5.41, 5.74) is 28.2. The molecule has 8 heterocycles. The first-order valence-corrected chi connectivity index (χ1v) is 17.8. The van der Waals surface area contributed by atoms with Gasteiger partial charge in [0.1, 0.15) is 31.1 Å². The average Bonchev–Trinajstić information content (AvgIpc) is 4.04. The molecule has 0 unspecified atom stereocenters. The number of nitrogen functional groups attached to an aromatic ring is 1. The third-order valence-electron chi connectivity index (χ3n) is 6.96. The van der Waals surface area contributed by atoms with Gasteiger partial charge in [0.25, 0.3) is 0 Å². The van der Waals surface area contributed by atoms with Gasteiger partial charge in [-0.05, 0) is 94.0 Å². The molecule has 0 fully saturated rings. The largest absolute Gasteiger partial charge is 0.384 e. The number of rotatable bonds is 8. The number of nitrogens with one attached hydrogen (secondary N) is 1. The van der Waals surface area contributed by atoms with Crippen LogP contribution in [-0.2, 0) is 30.7 Å². The Morgan fingerprint density at radius 1 is 0.679 bits per heavy atom. The van der Waals surface area contributed by atoms with Crippen molar-refractivity contribution < 1.29 is 5.21 Å². The topological polar surface area (TPSA) is 262 Å². The Morgan fingerprint density at radius 2 is 1.16 bits per heavy atom. The van der Waals surface area contributed by atoms with Crippen LogP contribution in [-0.4, -0.2) is 65.3 Å². The highest BCUT2D eigenvalue weighted by Gasteiger charge is 1.98. The molecule has 6 N–H and O–H groups in total. The zero-order valence-electron chi connectivity index (χ0n) is 29.4. The fourth-order valence-corrected chi connectivity index (χ4v) is 4.78. The Hall–Kier alpha value is -6.47. The normalized spacial score (nSPS) is 10.2. The maximum absolute atomic E-state index is 8.20. The van der Waals surface area contributed by atoms with E-state index in [9.17, 15) is 0 Å². The Bertz CT molecular complexity index is 2390. The summed E-state index contributed by atoms with van der Waals surface area (Å²) in [5.74, 6) is 2.47. The number of pyridine rings is 5. The summed E-state index contributed by atoms with van der Waals surface area (Å²) in [7, 11) is 0. The van der Waals surface area contributed by atoms with Crippen molar-refractivity contribution in [1.82, 2.24) is 59.2 Å². The smallest absolute Gasteiger partial charge is 0.155 e. The number of hydroxylamine groups is 1. The van der Waals surface area contributed by atoms with Gasteiger partial charge in [-0.2, -0.15) is 15.3 Å². The molecule has 8 rings (SSSR count). The Kier molecular flexibility index (Phi) is 17.6. The van der Waals surface area contributed by atoms with E-state index in [-0.39, 0.29) is 0 Å². The number of halogens is 3. The minimum atomic E-state index is 0.347. The molecule has 0 aliphatic rings. The van der Waals surface area contributed by atoms with Gasteiger partial charge in [0.05, 0.1) is 6.54 Å². The van der Waals surface area contributed by atoms with Gasteiger partial charge in [-0.15, -0.1) is 34.8 Å². The number of azide groups is 1. The minimum absolute atomic E-state index is 0.347. The van der Waals surface area contributed by atoms with Crippen molar-refractivity contribution in [2.24, 2.45) is 15.8 Å². The van der Waals surface area contributed by atoms with Crippen LogP contribution in [0.5, 0.6) is 0 Å². The molecule has 0 aliphatic carbocycles. The van der Waals surface area contributed by atoms with E-state index in [0.29, 0.717) is 42.4 Å². The van der Waals surface area contributed by atoms with Gasteiger partial charge in [0.15, 0.2) is 22.8 Å². The molecule has 0 aromatic carbocycles. The van der Waals surface area contributed by atoms with Crippen LogP contribution in [0.25, 0.3) is 27.4 Å². The fourth-order valence-electron chi connectivity index (χ4n) is 4.28. The molecule has 0 atom stereocenters. The van der Waals surface area contributed by atoms with Crippen LogP contribution in [0.15, 0.2) is 121 Å². The third-order valence-corrected chi connectivity index (χ3v) is 7.89. The maximum Gasteiger partial charge on any atom is 0.155 e. The van der Waals surface area contributed by atoms with E-state index in [1.165, 1.54) is 19.0 Å². The van der Waals surface area contributed by atoms with E-state index >= 15 is 0 Å². The maximum atomic E-state index is 8.20. The lowest BCUT2D eigenvalue weighted by Crippen LogP contribution is -2.01. The Morgan fingerprint density at radius 3 is 1.66 bits per heavy atom. The summed E-state index contributed by atoms with van der Waals surface area (Å²) in [6.45, 7) is 0.892. The molecule has 0 saturated heterocycles. The van der Waals surface area contributed by atoms with Crippen molar-refractivity contribution in [2.45, 2.75) is 30.7 Å². The van der Waals surface area contributed by atoms with Crippen LogP contribution in [0.2, 0.25) is 0 Å². The third kappa shape index (κ3) is 13.7. The van der Waals surface area contributed by atoms with Gasteiger partial charge in [0, 0.05) is 60.1 Å². The summed E-state index contributed by atoms with van der Waals surface area (Å²) < 4.78 is 5.06. The van der Waals surface area contributed by atoms with E-state index < -0.39 is 0 Å². The summed E-state index contributed by atoms with van der Waals surface area (Å²) in [6, 6.07) is 18.5. The lowest BCUT2D eigenvalue weighted by molar-refractivity contribution is 0.240. The lowest BCUT2D eigenvalue weighted by atomic mass is 10.3. The first kappa shape index (κ1) is 42.3. The molecule has 22 heteroatoms. The molecule has 8 aromatic heterocycles. The molecular formula is C34H35Cl3N18O. The van der Waals surface area contributed by atoms with Crippen LogP contribution < -0.4 is 16.9 Å². The number of hydrogen-bond acceptors (Lipinski definition) is 13. The van der Waals surface area contributed by atoms with E-state index in [1.807, 2.05) is 54.9 Å². The number of aliphatic imine (C=N–C) groups is 1. The zero-order chi connectivity index (χ0) is 40.0. The number of aromatic nitrogens is 11. The van der Waals surface area contributed by atoms with Crippen molar-refractivity contribution in [3.63, 3.8) is 0 Å². The number of nitrogens with zero attached hydrogens (tertiary/aromatic N) is 15. The van der Waals surface area contributed by atoms with E-state index in [1.54, 1.807) is 55.8 Å². The van der Waals surface area contributed by atoms with Gasteiger partial charge < -0.3 is 11.5 Å². The summed E-state index contributed by atoms with van der Waals surface area (Å²) in [5, 5.41) is 23.5. The standard InChI is InChI=1S/C7H8ClN3O.C7H6ClN3.C7H6N6.C7H8N4.C6H7ClN2/c8-4-6-1-2-9-7(3-6)10-5-11-12;8-4-6-1-2-11-7(3-6)9-5-10-11;8-12-10-4-6-1-2-13-7(3-6)9-5-11-13;8-4-6-1-2-11-7(3-6)9-5-10-11;7-4-5-1-2-9-6(8)3-5/h1-3,5,12H,4H2,(H,9,10,11);1-3,5H,4H2;1-3,5H,4H2;1-3,5H,4,8H2;1-3H,4H2,(H2,8,9). The monoisotopic (exact) mass is 816 g/mol. The van der Waals surface area contributed by atoms with Crippen molar-refractivity contribution in [3.8, 4) is 0 Å². The lowest BCUT2D eigenvalue weighted by Gasteiger charge is -1.95. The SMILES string of the molecule is ClCc1ccn2ncnc2c1.NCc1ccn2ncnc2c1.Nc1cc(CCl)ccn1.ONC=Nc1cc(CCl)ccn1.[N-]=[N+]=NCc1ccn2ncnc2c1. The van der Waals surface area contributed by atoms with Crippen LogP contribution in [0.1, 0.15) is 27.8 Å². The summed E-state index contributed by atoms with van der Waals surface area (Å²) in [6.07, 6.45) is 14.4. The second kappa shape index (κ2) is 23.3. The highest BCUT2D eigenvalue weighted by atomic mass is 35.5. The first-order chi connectivity index (χ1) is 27.4. The van der Waals surface area contributed by atoms with Gasteiger partial charge in [-0.25, -0.2) is 43.5 Å². The predicted molar refractivity (Wildman–Crippen MR) is 214 cm³/mol. The van der Waals surface area contributed by atoms with Crippen LogP contribution in [0, 0.1) is 0 Å². The highest BCUT2D eigenvalue weighted by molar-refractivity contribution is 6.17. The van der Waals surface area contributed by atoms with Crippen LogP contribution in [0.4, 0.5) is 11.6 Å². The highest BCUT2D eigenvalue weighted by Crippen LogP contribution is 2.11. The van der Waals surface area contributed by atoms with Crippen LogP contribution >= 0.6 is 34.8 Å².